The van der Waals surface area contributed by atoms with Crippen LogP contribution >= 0.6 is 0 Å². The summed E-state index contributed by atoms with van der Waals surface area (Å²) < 4.78 is 0. The first-order valence-electron chi connectivity index (χ1n) is 7.66. The van der Waals surface area contributed by atoms with Crippen molar-refractivity contribution in [1.29, 1.82) is 0 Å². The Morgan fingerprint density at radius 1 is 1.24 bits per heavy atom. The fraction of sp³-hybridized carbons (Fsp3) is 0.167. The molecule has 0 unspecified atom stereocenters. The van der Waals surface area contributed by atoms with Crippen LogP contribution in [-0.2, 0) is 16.0 Å². The lowest BCUT2D eigenvalue weighted by Gasteiger charge is -2.01. The van der Waals surface area contributed by atoms with Gasteiger partial charge in [0.1, 0.15) is 0 Å². The molecule has 0 saturated carbocycles. The number of anilines is 1. The van der Waals surface area contributed by atoms with E-state index in [1.807, 2.05) is 6.92 Å². The van der Waals surface area contributed by atoms with Crippen LogP contribution in [0.4, 0.5) is 5.69 Å². The summed E-state index contributed by atoms with van der Waals surface area (Å²) in [4.78, 5) is 37.1. The monoisotopic (exact) mass is 340 g/mol. The van der Waals surface area contributed by atoms with Crippen LogP contribution in [-0.4, -0.2) is 33.0 Å². The average Bonchev–Trinajstić information content (AvgIpc) is 3.06. The van der Waals surface area contributed by atoms with Crippen molar-refractivity contribution in [2.45, 2.75) is 19.8 Å². The Bertz CT molecular complexity index is 924. The van der Waals surface area contributed by atoms with Crippen molar-refractivity contribution in [3.63, 3.8) is 0 Å². The summed E-state index contributed by atoms with van der Waals surface area (Å²) in [5, 5.41) is 20.6. The van der Waals surface area contributed by atoms with Crippen LogP contribution in [0.25, 0.3) is 11.6 Å². The van der Waals surface area contributed by atoms with Crippen LogP contribution in [0.15, 0.2) is 24.4 Å². The molecule has 2 heterocycles. The molecular formula is C18H16N2O5. The van der Waals surface area contributed by atoms with Gasteiger partial charge in [-0.2, -0.15) is 0 Å². The molecule has 25 heavy (non-hydrogen) atoms. The number of carbonyl (C=O) groups excluding carboxylic acids is 1. The highest BCUT2D eigenvalue weighted by atomic mass is 16.4. The number of aliphatic carboxylic acids is 1. The zero-order valence-corrected chi connectivity index (χ0v) is 13.4. The van der Waals surface area contributed by atoms with Gasteiger partial charge in [-0.25, -0.2) is 4.79 Å². The number of hydrogen-bond donors (Lipinski definition) is 4. The van der Waals surface area contributed by atoms with Gasteiger partial charge in [-0.1, -0.05) is 0 Å². The number of hydrogen-bond acceptors (Lipinski definition) is 3. The second-order valence-electron chi connectivity index (χ2n) is 5.82. The Hall–Kier alpha value is -3.35. The fourth-order valence-corrected chi connectivity index (χ4v) is 2.81. The summed E-state index contributed by atoms with van der Waals surface area (Å²) >= 11 is 0. The second kappa shape index (κ2) is 6.27. The van der Waals surface area contributed by atoms with Crippen molar-refractivity contribution in [1.82, 2.24) is 4.98 Å². The fourth-order valence-electron chi connectivity index (χ4n) is 2.81. The zero-order chi connectivity index (χ0) is 18.1. The normalized spacial score (nSPS) is 14.4. The van der Waals surface area contributed by atoms with E-state index < -0.39 is 11.9 Å². The van der Waals surface area contributed by atoms with Crippen molar-refractivity contribution < 1.29 is 24.6 Å². The van der Waals surface area contributed by atoms with E-state index in [1.165, 1.54) is 12.1 Å². The number of aromatic amines is 1. The Kier molecular flexibility index (Phi) is 4.14. The van der Waals surface area contributed by atoms with Gasteiger partial charge in [0.05, 0.1) is 11.1 Å². The van der Waals surface area contributed by atoms with Gasteiger partial charge in [-0.3, -0.25) is 9.59 Å². The van der Waals surface area contributed by atoms with Gasteiger partial charge < -0.3 is 20.5 Å². The van der Waals surface area contributed by atoms with E-state index in [9.17, 15) is 14.4 Å². The minimum absolute atomic E-state index is 0.0278. The molecule has 0 aliphatic carbocycles. The standard InChI is InChI=1S/C18H16N2O5/c1-9-11(3-5-16(21)22)8-19-15(9)7-13-12-6-10(18(24)25)2-4-14(12)20-17(13)23/h2,4,6-8,19H,3,5H2,1H3,(H,20,23)(H,21,22)(H,24,25). The van der Waals surface area contributed by atoms with Crippen molar-refractivity contribution in [2.75, 3.05) is 5.32 Å². The van der Waals surface area contributed by atoms with Crippen LogP contribution < -0.4 is 5.32 Å². The van der Waals surface area contributed by atoms with Crippen molar-refractivity contribution in [2.24, 2.45) is 0 Å². The Morgan fingerprint density at radius 3 is 2.68 bits per heavy atom. The number of carboxylic acids is 2. The maximum atomic E-state index is 12.2. The van der Waals surface area contributed by atoms with E-state index in [0.29, 0.717) is 28.9 Å². The average molecular weight is 340 g/mol. The first-order valence-corrected chi connectivity index (χ1v) is 7.66. The maximum Gasteiger partial charge on any atom is 0.335 e. The summed E-state index contributed by atoms with van der Waals surface area (Å²) in [6.07, 6.45) is 3.81. The number of nitrogens with one attached hydrogen (secondary N) is 2. The van der Waals surface area contributed by atoms with Crippen LogP contribution in [0.5, 0.6) is 0 Å². The van der Waals surface area contributed by atoms with E-state index in [1.54, 1.807) is 18.3 Å². The molecule has 0 saturated heterocycles. The molecule has 7 nitrogen and oxygen atoms in total. The van der Waals surface area contributed by atoms with Gasteiger partial charge in [0.2, 0.25) is 0 Å². The Balaban J connectivity index is 1.98. The number of carboxylic acid groups (broad SMARTS) is 2. The van der Waals surface area contributed by atoms with E-state index in [-0.39, 0.29) is 17.9 Å². The SMILES string of the molecule is Cc1c(CCC(=O)O)c[nH]c1C=C1C(=O)Nc2ccc(C(=O)O)cc21. The number of carbonyl (C=O) groups is 3. The third-order valence-corrected chi connectivity index (χ3v) is 4.23. The predicted molar refractivity (Wildman–Crippen MR) is 91.4 cm³/mol. The van der Waals surface area contributed by atoms with Gasteiger partial charge in [0.15, 0.2) is 0 Å². The van der Waals surface area contributed by atoms with Crippen LogP contribution in [0, 0.1) is 6.92 Å². The van der Waals surface area contributed by atoms with E-state index >= 15 is 0 Å². The van der Waals surface area contributed by atoms with Gasteiger partial charge in [0, 0.05) is 29.6 Å². The summed E-state index contributed by atoms with van der Waals surface area (Å²) in [6, 6.07) is 4.47. The molecule has 0 spiro atoms. The molecule has 1 aliphatic heterocycles. The van der Waals surface area contributed by atoms with Gasteiger partial charge >= 0.3 is 11.9 Å². The number of benzene rings is 1. The molecule has 0 fully saturated rings. The van der Waals surface area contributed by atoms with Crippen LogP contribution in [0.1, 0.15) is 39.2 Å². The summed E-state index contributed by atoms with van der Waals surface area (Å²) in [6.45, 7) is 1.85. The molecule has 4 N–H and O–H groups in total. The number of H-pyrrole nitrogens is 1. The molecular weight excluding hydrogens is 324 g/mol. The minimum atomic E-state index is -1.06. The summed E-state index contributed by atoms with van der Waals surface area (Å²) in [7, 11) is 0. The predicted octanol–water partition coefficient (Wildman–Crippen LogP) is 2.53. The number of aromatic carboxylic acids is 1. The number of aryl methyl sites for hydroxylation is 1. The molecule has 1 aliphatic rings. The molecule has 1 aromatic carbocycles. The molecule has 1 aromatic heterocycles. The highest BCUT2D eigenvalue weighted by Crippen LogP contribution is 2.34. The first-order chi connectivity index (χ1) is 11.9. The smallest absolute Gasteiger partial charge is 0.335 e. The lowest BCUT2D eigenvalue weighted by molar-refractivity contribution is -0.137. The van der Waals surface area contributed by atoms with E-state index in [0.717, 1.165) is 11.1 Å². The van der Waals surface area contributed by atoms with Gasteiger partial charge in [-0.05, 0) is 48.7 Å². The topological polar surface area (TPSA) is 119 Å². The van der Waals surface area contributed by atoms with Crippen LogP contribution in [0.2, 0.25) is 0 Å². The Morgan fingerprint density at radius 2 is 2.00 bits per heavy atom. The number of fused-ring (bicyclic) bond motifs is 1. The molecule has 1 amide bonds. The lowest BCUT2D eigenvalue weighted by Crippen LogP contribution is -2.03. The van der Waals surface area contributed by atoms with E-state index in [4.69, 9.17) is 10.2 Å². The quantitative estimate of drug-likeness (QED) is 0.624. The van der Waals surface area contributed by atoms with Crippen LogP contribution in [0.3, 0.4) is 0 Å². The molecule has 0 bridgehead atoms. The highest BCUT2D eigenvalue weighted by molar-refractivity contribution is 6.35. The van der Waals surface area contributed by atoms with E-state index in [2.05, 4.69) is 10.3 Å². The zero-order valence-electron chi connectivity index (χ0n) is 13.4. The molecule has 7 heteroatoms. The highest BCUT2D eigenvalue weighted by Gasteiger charge is 2.25. The molecule has 0 radical (unpaired) electrons. The third kappa shape index (κ3) is 3.16. The van der Waals surface area contributed by atoms with Gasteiger partial charge in [0.25, 0.3) is 5.91 Å². The Labute approximate surface area is 143 Å². The number of rotatable bonds is 5. The largest absolute Gasteiger partial charge is 0.481 e. The second-order valence-corrected chi connectivity index (χ2v) is 5.82. The van der Waals surface area contributed by atoms with Crippen molar-refractivity contribution in [3.8, 4) is 0 Å². The lowest BCUT2D eigenvalue weighted by atomic mass is 10.0. The van der Waals surface area contributed by atoms with Crippen molar-refractivity contribution in [3.05, 3.63) is 52.3 Å². The van der Waals surface area contributed by atoms with Crippen molar-refractivity contribution >= 4 is 35.2 Å². The first kappa shape index (κ1) is 16.5. The summed E-state index contributed by atoms with van der Waals surface area (Å²) in [5.74, 6) is -2.24. The number of aromatic nitrogens is 1. The maximum absolute atomic E-state index is 12.2. The molecule has 0 atom stereocenters. The minimum Gasteiger partial charge on any atom is -0.481 e. The summed E-state index contributed by atoms with van der Waals surface area (Å²) in [5.41, 5.74) is 4.00. The molecule has 3 rings (SSSR count). The number of amides is 1. The third-order valence-electron chi connectivity index (χ3n) is 4.23. The molecule has 2 aromatic rings. The van der Waals surface area contributed by atoms with Gasteiger partial charge in [-0.15, -0.1) is 0 Å². The molecule has 128 valence electrons.